The largest absolute Gasteiger partial charge is 0.497 e. The molecule has 116 valence electrons. The molecular formula is C18H16N2O2S. The summed E-state index contributed by atoms with van der Waals surface area (Å²) in [6.07, 6.45) is 0.988. The number of nitrogens with zero attached hydrogens (tertiary/aromatic N) is 2. The molecule has 0 unspecified atom stereocenters. The summed E-state index contributed by atoms with van der Waals surface area (Å²) in [5.41, 5.74) is 4.61. The molecule has 1 aliphatic rings. The van der Waals surface area contributed by atoms with Crippen LogP contribution in [0.3, 0.4) is 0 Å². The first-order valence-electron chi connectivity index (χ1n) is 7.54. The molecule has 1 fully saturated rings. The molecule has 1 atom stereocenters. The topological polar surface area (TPSA) is 42.4 Å². The number of carbonyl (C=O) groups is 1. The predicted molar refractivity (Wildman–Crippen MR) is 91.0 cm³/mol. The number of aromatic nitrogens is 1. The van der Waals surface area contributed by atoms with E-state index in [1.165, 1.54) is 0 Å². The van der Waals surface area contributed by atoms with Gasteiger partial charge in [-0.1, -0.05) is 12.1 Å². The molecule has 0 saturated carbocycles. The Morgan fingerprint density at radius 3 is 3.00 bits per heavy atom. The fourth-order valence-electron chi connectivity index (χ4n) is 2.98. The van der Waals surface area contributed by atoms with Crippen LogP contribution < -0.4 is 4.74 Å². The fraction of sp³-hybridized carbons (Fsp3) is 0.222. The third-order valence-electron chi connectivity index (χ3n) is 4.34. The van der Waals surface area contributed by atoms with Gasteiger partial charge in [-0.25, -0.2) is 4.98 Å². The molecule has 1 saturated heterocycles. The molecule has 23 heavy (non-hydrogen) atoms. The molecule has 1 amide bonds. The Kier molecular flexibility index (Phi) is 3.50. The summed E-state index contributed by atoms with van der Waals surface area (Å²) >= 11 is 1.56. The van der Waals surface area contributed by atoms with Gasteiger partial charge in [0.1, 0.15) is 5.75 Å². The van der Waals surface area contributed by atoms with Crippen molar-refractivity contribution in [2.75, 3.05) is 13.7 Å². The zero-order valence-electron chi connectivity index (χ0n) is 12.7. The van der Waals surface area contributed by atoms with Gasteiger partial charge in [0.15, 0.2) is 0 Å². The summed E-state index contributed by atoms with van der Waals surface area (Å²) in [6.45, 7) is 0.793. The third kappa shape index (κ3) is 2.47. The lowest BCUT2D eigenvalue weighted by Crippen LogP contribution is -2.45. The van der Waals surface area contributed by atoms with Crippen molar-refractivity contribution in [3.63, 3.8) is 0 Å². The minimum atomic E-state index is 0.0827. The number of fused-ring (bicyclic) bond motifs is 1. The normalized spacial score (nSPS) is 17.1. The lowest BCUT2D eigenvalue weighted by molar-refractivity contribution is 0.0460. The van der Waals surface area contributed by atoms with Gasteiger partial charge in [0.05, 0.1) is 28.9 Å². The van der Waals surface area contributed by atoms with E-state index in [4.69, 9.17) is 4.74 Å². The van der Waals surface area contributed by atoms with Gasteiger partial charge in [0, 0.05) is 12.1 Å². The molecule has 0 aliphatic carbocycles. The summed E-state index contributed by atoms with van der Waals surface area (Å²) < 4.78 is 6.33. The Balaban J connectivity index is 1.60. The van der Waals surface area contributed by atoms with Crippen molar-refractivity contribution in [2.45, 2.75) is 12.5 Å². The highest BCUT2D eigenvalue weighted by Gasteiger charge is 2.34. The maximum Gasteiger partial charge on any atom is 0.254 e. The van der Waals surface area contributed by atoms with Gasteiger partial charge in [-0.3, -0.25) is 4.79 Å². The number of benzene rings is 2. The van der Waals surface area contributed by atoms with Gasteiger partial charge < -0.3 is 9.64 Å². The Bertz CT molecular complexity index is 874. The summed E-state index contributed by atoms with van der Waals surface area (Å²) in [4.78, 5) is 19.0. The molecule has 2 aromatic carbocycles. The second-order valence-electron chi connectivity index (χ2n) is 5.61. The number of ether oxygens (including phenoxy) is 1. The molecule has 3 aromatic rings. The van der Waals surface area contributed by atoms with Crippen LogP contribution in [0.1, 0.15) is 28.4 Å². The molecule has 2 heterocycles. The number of rotatable bonds is 3. The van der Waals surface area contributed by atoms with Crippen molar-refractivity contribution in [3.05, 3.63) is 59.1 Å². The minimum Gasteiger partial charge on any atom is -0.497 e. The van der Waals surface area contributed by atoms with E-state index in [1.54, 1.807) is 18.4 Å². The highest BCUT2D eigenvalue weighted by molar-refractivity contribution is 7.16. The van der Waals surface area contributed by atoms with Crippen molar-refractivity contribution >= 4 is 27.5 Å². The monoisotopic (exact) mass is 324 g/mol. The van der Waals surface area contributed by atoms with Gasteiger partial charge in [-0.2, -0.15) is 0 Å². The molecular weight excluding hydrogens is 308 g/mol. The van der Waals surface area contributed by atoms with Gasteiger partial charge in [0.2, 0.25) is 0 Å². The Morgan fingerprint density at radius 2 is 2.22 bits per heavy atom. The molecule has 0 N–H and O–H groups in total. The Labute approximate surface area is 138 Å². The molecule has 4 rings (SSSR count). The SMILES string of the molecule is COc1cccc([C@@H]2CCN2C(=O)c2ccc3ncsc3c2)c1. The first-order valence-corrected chi connectivity index (χ1v) is 8.42. The molecule has 4 nitrogen and oxygen atoms in total. The van der Waals surface area contributed by atoms with Gasteiger partial charge in [-0.05, 0) is 42.3 Å². The summed E-state index contributed by atoms with van der Waals surface area (Å²) in [7, 11) is 1.66. The smallest absolute Gasteiger partial charge is 0.254 e. The summed E-state index contributed by atoms with van der Waals surface area (Å²) in [5, 5.41) is 0. The maximum atomic E-state index is 12.8. The second-order valence-corrected chi connectivity index (χ2v) is 6.50. The number of likely N-dealkylation sites (tertiary alicyclic amines) is 1. The minimum absolute atomic E-state index is 0.0827. The molecule has 5 heteroatoms. The standard InChI is InChI=1S/C18H16N2O2S/c1-22-14-4-2-3-12(9-14)16-7-8-20(16)18(21)13-5-6-15-17(10-13)23-11-19-15/h2-6,9-11,16H,7-8H2,1H3/t16-/m0/s1. The van der Waals surface area contributed by atoms with E-state index in [-0.39, 0.29) is 11.9 Å². The van der Waals surface area contributed by atoms with Crippen LogP contribution in [0, 0.1) is 0 Å². The van der Waals surface area contributed by atoms with E-state index in [9.17, 15) is 4.79 Å². The molecule has 1 aromatic heterocycles. The summed E-state index contributed by atoms with van der Waals surface area (Å²) in [6, 6.07) is 13.8. The molecule has 1 aliphatic heterocycles. The van der Waals surface area contributed by atoms with Crippen molar-refractivity contribution in [1.82, 2.24) is 9.88 Å². The van der Waals surface area contributed by atoms with Crippen LogP contribution in [0.15, 0.2) is 48.0 Å². The zero-order chi connectivity index (χ0) is 15.8. The molecule has 0 spiro atoms. The number of amides is 1. The first kappa shape index (κ1) is 14.2. The number of hydrogen-bond donors (Lipinski definition) is 0. The molecule has 0 bridgehead atoms. The van der Waals surface area contributed by atoms with E-state index < -0.39 is 0 Å². The summed E-state index contributed by atoms with van der Waals surface area (Å²) in [5.74, 6) is 0.909. The zero-order valence-corrected chi connectivity index (χ0v) is 13.5. The Hall–Kier alpha value is -2.40. The lowest BCUT2D eigenvalue weighted by Gasteiger charge is -2.41. The first-order chi connectivity index (χ1) is 11.3. The average molecular weight is 324 g/mol. The fourth-order valence-corrected chi connectivity index (χ4v) is 3.70. The van der Waals surface area contributed by atoms with Crippen molar-refractivity contribution < 1.29 is 9.53 Å². The molecule has 0 radical (unpaired) electrons. The van der Waals surface area contributed by atoms with E-state index in [0.29, 0.717) is 0 Å². The quantitative estimate of drug-likeness (QED) is 0.734. The van der Waals surface area contributed by atoms with Crippen LogP contribution in [0.2, 0.25) is 0 Å². The number of methoxy groups -OCH3 is 1. The van der Waals surface area contributed by atoms with Crippen LogP contribution in [0.25, 0.3) is 10.2 Å². The highest BCUT2D eigenvalue weighted by Crippen LogP contribution is 2.36. The predicted octanol–water partition coefficient (Wildman–Crippen LogP) is 3.89. The maximum absolute atomic E-state index is 12.8. The van der Waals surface area contributed by atoms with Crippen LogP contribution in [-0.4, -0.2) is 29.4 Å². The Morgan fingerprint density at radius 1 is 1.30 bits per heavy atom. The van der Waals surface area contributed by atoms with Crippen LogP contribution >= 0.6 is 11.3 Å². The van der Waals surface area contributed by atoms with Gasteiger partial charge in [-0.15, -0.1) is 11.3 Å². The number of carbonyl (C=O) groups excluding carboxylic acids is 1. The second kappa shape index (κ2) is 5.66. The van der Waals surface area contributed by atoms with Crippen LogP contribution in [0.5, 0.6) is 5.75 Å². The third-order valence-corrected chi connectivity index (χ3v) is 5.13. The highest BCUT2D eigenvalue weighted by atomic mass is 32.1. The number of hydrogen-bond acceptors (Lipinski definition) is 4. The van der Waals surface area contributed by atoms with Crippen LogP contribution in [-0.2, 0) is 0 Å². The van der Waals surface area contributed by atoms with E-state index in [2.05, 4.69) is 11.1 Å². The van der Waals surface area contributed by atoms with E-state index in [0.717, 1.165) is 40.1 Å². The van der Waals surface area contributed by atoms with Crippen molar-refractivity contribution in [3.8, 4) is 5.75 Å². The average Bonchev–Trinajstić information content (AvgIpc) is 3.01. The number of thiazole rings is 1. The lowest BCUT2D eigenvalue weighted by atomic mass is 9.93. The van der Waals surface area contributed by atoms with Gasteiger partial charge in [0.25, 0.3) is 5.91 Å². The van der Waals surface area contributed by atoms with Gasteiger partial charge >= 0.3 is 0 Å². The van der Waals surface area contributed by atoms with E-state index >= 15 is 0 Å². The van der Waals surface area contributed by atoms with Crippen molar-refractivity contribution in [2.24, 2.45) is 0 Å². The van der Waals surface area contributed by atoms with Crippen molar-refractivity contribution in [1.29, 1.82) is 0 Å². The van der Waals surface area contributed by atoms with E-state index in [1.807, 2.05) is 46.8 Å². The van der Waals surface area contributed by atoms with Crippen LogP contribution in [0.4, 0.5) is 0 Å².